The van der Waals surface area contributed by atoms with Crippen LogP contribution in [0.4, 0.5) is 10.5 Å². The summed E-state index contributed by atoms with van der Waals surface area (Å²) in [5.41, 5.74) is 12.2. The van der Waals surface area contributed by atoms with Gasteiger partial charge in [0.15, 0.2) is 0 Å². The highest BCUT2D eigenvalue weighted by molar-refractivity contribution is 5.97. The molecule has 0 aliphatic rings. The van der Waals surface area contributed by atoms with E-state index in [2.05, 4.69) is 16.0 Å². The number of primary amides is 1. The van der Waals surface area contributed by atoms with Gasteiger partial charge in [-0.25, -0.2) is 4.79 Å². The lowest BCUT2D eigenvalue weighted by molar-refractivity contribution is -0.127. The molecule has 1 rings (SSSR count). The fraction of sp³-hybridized carbons (Fsp3) is 0.526. The average Bonchev–Trinajstić information content (AvgIpc) is 2.63. The number of hydrogen-bond acceptors (Lipinski definition) is 5. The van der Waals surface area contributed by atoms with Gasteiger partial charge in [-0.1, -0.05) is 26.0 Å². The van der Waals surface area contributed by atoms with E-state index >= 15 is 0 Å². The Balaban J connectivity index is 2.74. The number of carbonyl (C=O) groups is 3. The summed E-state index contributed by atoms with van der Waals surface area (Å²) in [5, 5.41) is 17.0. The van der Waals surface area contributed by atoms with E-state index < -0.39 is 24.0 Å². The van der Waals surface area contributed by atoms with E-state index in [4.69, 9.17) is 16.6 Å². The van der Waals surface area contributed by atoms with Crippen LogP contribution in [0.1, 0.15) is 38.7 Å². The average molecular weight is 393 g/mol. The van der Waals surface area contributed by atoms with Crippen LogP contribution in [0.3, 0.4) is 0 Å². The summed E-state index contributed by atoms with van der Waals surface area (Å²) in [7, 11) is 0. The van der Waals surface area contributed by atoms with Crippen molar-refractivity contribution in [3.05, 3.63) is 29.8 Å². The molecule has 0 fully saturated rings. The Bertz CT molecular complexity index is 648. The number of amides is 4. The van der Waals surface area contributed by atoms with Crippen molar-refractivity contribution in [3.63, 3.8) is 0 Å². The first-order valence-corrected chi connectivity index (χ1v) is 9.32. The third kappa shape index (κ3) is 8.83. The monoisotopic (exact) mass is 393 g/mol. The van der Waals surface area contributed by atoms with Gasteiger partial charge in [0, 0.05) is 12.2 Å². The molecule has 28 heavy (non-hydrogen) atoms. The highest BCUT2D eigenvalue weighted by atomic mass is 16.3. The van der Waals surface area contributed by atoms with Crippen molar-refractivity contribution in [2.45, 2.75) is 51.8 Å². The minimum atomic E-state index is -0.807. The molecule has 0 aromatic heterocycles. The lowest BCUT2D eigenvalue weighted by atomic mass is 10.0. The highest BCUT2D eigenvalue weighted by Crippen LogP contribution is 2.11. The molecule has 156 valence electrons. The molecule has 1 aromatic rings. The van der Waals surface area contributed by atoms with E-state index in [0.29, 0.717) is 24.9 Å². The van der Waals surface area contributed by atoms with Crippen molar-refractivity contribution in [1.82, 2.24) is 10.6 Å². The summed E-state index contributed by atoms with van der Waals surface area (Å²) >= 11 is 0. The Hall–Kier alpha value is -2.65. The van der Waals surface area contributed by atoms with Crippen molar-refractivity contribution in [2.24, 2.45) is 17.4 Å². The number of hydrogen-bond donors (Lipinski definition) is 6. The number of rotatable bonds is 11. The van der Waals surface area contributed by atoms with Crippen molar-refractivity contribution >= 4 is 23.5 Å². The molecular weight excluding hydrogens is 362 g/mol. The molecule has 9 nitrogen and oxygen atoms in total. The number of nitrogens with one attached hydrogen (secondary N) is 3. The van der Waals surface area contributed by atoms with Gasteiger partial charge < -0.3 is 32.5 Å². The molecule has 0 saturated heterocycles. The topological polar surface area (TPSA) is 160 Å². The van der Waals surface area contributed by atoms with Gasteiger partial charge in [0.05, 0.1) is 12.6 Å². The summed E-state index contributed by atoms with van der Waals surface area (Å²) < 4.78 is 0. The first-order chi connectivity index (χ1) is 13.2. The molecule has 8 N–H and O–H groups in total. The van der Waals surface area contributed by atoms with Crippen LogP contribution >= 0.6 is 0 Å². The van der Waals surface area contributed by atoms with Gasteiger partial charge in [-0.3, -0.25) is 9.59 Å². The lowest BCUT2D eigenvalue weighted by Crippen LogP contribution is -2.50. The van der Waals surface area contributed by atoms with Crippen LogP contribution in [0.25, 0.3) is 0 Å². The van der Waals surface area contributed by atoms with Gasteiger partial charge in [-0.2, -0.15) is 0 Å². The highest BCUT2D eigenvalue weighted by Gasteiger charge is 2.24. The van der Waals surface area contributed by atoms with E-state index in [1.54, 1.807) is 24.3 Å². The van der Waals surface area contributed by atoms with Gasteiger partial charge >= 0.3 is 6.03 Å². The molecule has 0 saturated carbocycles. The normalized spacial score (nSPS) is 12.9. The van der Waals surface area contributed by atoms with Crippen molar-refractivity contribution in [2.75, 3.05) is 11.9 Å². The fourth-order valence-electron chi connectivity index (χ4n) is 2.60. The Labute approximate surface area is 165 Å². The fourth-order valence-corrected chi connectivity index (χ4v) is 2.60. The van der Waals surface area contributed by atoms with Crippen LogP contribution < -0.4 is 27.4 Å². The number of benzene rings is 1. The van der Waals surface area contributed by atoms with Gasteiger partial charge in [-0.15, -0.1) is 0 Å². The Morgan fingerprint density at radius 1 is 1.11 bits per heavy atom. The van der Waals surface area contributed by atoms with Gasteiger partial charge in [0.1, 0.15) is 6.04 Å². The lowest BCUT2D eigenvalue weighted by Gasteiger charge is -2.21. The Kier molecular flexibility index (Phi) is 9.97. The van der Waals surface area contributed by atoms with Crippen molar-refractivity contribution < 1.29 is 19.5 Å². The van der Waals surface area contributed by atoms with Crippen molar-refractivity contribution in [1.29, 1.82) is 0 Å². The largest absolute Gasteiger partial charge is 0.392 e. The number of anilines is 1. The van der Waals surface area contributed by atoms with E-state index in [1.165, 1.54) is 0 Å². The smallest absolute Gasteiger partial charge is 0.312 e. The second-order valence-corrected chi connectivity index (χ2v) is 7.07. The number of nitrogens with two attached hydrogens (primary N) is 2. The molecular formula is C19H31N5O4. The van der Waals surface area contributed by atoms with E-state index in [-0.39, 0.29) is 25.0 Å². The van der Waals surface area contributed by atoms with Crippen LogP contribution in [0, 0.1) is 5.92 Å². The molecule has 9 heteroatoms. The molecule has 4 amide bonds. The first kappa shape index (κ1) is 23.4. The minimum absolute atomic E-state index is 0.0898. The van der Waals surface area contributed by atoms with Gasteiger partial charge in [-0.05, 0) is 42.9 Å². The maximum absolute atomic E-state index is 12.6. The summed E-state index contributed by atoms with van der Waals surface area (Å²) in [6, 6.07) is 4.56. The molecule has 0 spiro atoms. The molecule has 0 aliphatic carbocycles. The SMILES string of the molecule is CC(C)C[C@H](N)C(=O)N[C@@H](CCCNC(N)=O)C(=O)Nc1ccc(CO)cc1. The van der Waals surface area contributed by atoms with E-state index in [0.717, 1.165) is 5.56 Å². The van der Waals surface area contributed by atoms with Crippen LogP contribution in [-0.2, 0) is 16.2 Å². The summed E-state index contributed by atoms with van der Waals surface area (Å²) in [5.74, 6) is -0.536. The molecule has 2 atom stereocenters. The maximum Gasteiger partial charge on any atom is 0.312 e. The number of aliphatic hydroxyl groups is 1. The van der Waals surface area contributed by atoms with Gasteiger partial charge in [0.25, 0.3) is 0 Å². The predicted molar refractivity (Wildman–Crippen MR) is 107 cm³/mol. The number of urea groups is 1. The quantitative estimate of drug-likeness (QED) is 0.300. The summed E-state index contributed by atoms with van der Waals surface area (Å²) in [6.45, 7) is 4.12. The zero-order valence-corrected chi connectivity index (χ0v) is 16.4. The first-order valence-electron chi connectivity index (χ1n) is 9.32. The van der Waals surface area contributed by atoms with Gasteiger partial charge in [0.2, 0.25) is 11.8 Å². The molecule has 0 radical (unpaired) electrons. The molecule has 0 unspecified atom stereocenters. The zero-order chi connectivity index (χ0) is 21.1. The second-order valence-electron chi connectivity index (χ2n) is 7.07. The third-order valence-corrected chi connectivity index (χ3v) is 4.07. The second kappa shape index (κ2) is 11.9. The maximum atomic E-state index is 12.6. The van der Waals surface area contributed by atoms with Crippen LogP contribution in [0.2, 0.25) is 0 Å². The van der Waals surface area contributed by atoms with E-state index in [1.807, 2.05) is 13.8 Å². The van der Waals surface area contributed by atoms with Crippen molar-refractivity contribution in [3.8, 4) is 0 Å². The number of carbonyl (C=O) groups excluding carboxylic acids is 3. The molecule has 1 aromatic carbocycles. The van der Waals surface area contributed by atoms with Crippen LogP contribution in [0.5, 0.6) is 0 Å². The van der Waals surface area contributed by atoms with E-state index in [9.17, 15) is 14.4 Å². The molecule has 0 heterocycles. The Morgan fingerprint density at radius 3 is 2.29 bits per heavy atom. The summed E-state index contributed by atoms with van der Waals surface area (Å²) in [6.07, 6.45) is 1.26. The summed E-state index contributed by atoms with van der Waals surface area (Å²) in [4.78, 5) is 35.8. The molecule has 0 aliphatic heterocycles. The zero-order valence-electron chi connectivity index (χ0n) is 16.4. The Morgan fingerprint density at radius 2 is 1.75 bits per heavy atom. The van der Waals surface area contributed by atoms with Crippen LogP contribution in [0.15, 0.2) is 24.3 Å². The standard InChI is InChI=1S/C19H31N5O4/c1-12(2)10-15(20)17(26)24-16(4-3-9-22-19(21)28)18(27)23-14-7-5-13(11-25)6-8-14/h5-8,12,15-16,25H,3-4,9-11,20H2,1-2H3,(H,23,27)(H,24,26)(H3,21,22,28)/t15-,16-/m0/s1. The predicted octanol–water partition coefficient (Wildman–Crippen LogP) is 0.424. The third-order valence-electron chi connectivity index (χ3n) is 4.07. The number of aliphatic hydroxyl groups excluding tert-OH is 1. The molecule has 0 bridgehead atoms. The van der Waals surface area contributed by atoms with Crippen LogP contribution in [-0.4, -0.2) is 41.6 Å². The minimum Gasteiger partial charge on any atom is -0.392 e.